The van der Waals surface area contributed by atoms with Crippen LogP contribution >= 0.6 is 0 Å². The molecule has 1 saturated heterocycles. The molecule has 1 amide bonds. The maximum Gasteiger partial charge on any atom is 0.573 e. The van der Waals surface area contributed by atoms with Crippen molar-refractivity contribution < 1.29 is 22.7 Å². The fraction of sp³-hybridized carbons (Fsp3) is 0.316. The van der Waals surface area contributed by atoms with Crippen LogP contribution in [0.5, 0.6) is 5.75 Å². The minimum atomic E-state index is -4.69. The Kier molecular flexibility index (Phi) is 4.97. The van der Waals surface area contributed by atoms with Crippen LogP contribution < -0.4 is 4.74 Å². The van der Waals surface area contributed by atoms with Gasteiger partial charge in [-0.2, -0.15) is 0 Å². The highest BCUT2D eigenvalue weighted by Crippen LogP contribution is 2.26. The van der Waals surface area contributed by atoms with E-state index in [1.54, 1.807) is 24.3 Å². The van der Waals surface area contributed by atoms with E-state index in [1.165, 1.54) is 12.1 Å². The summed E-state index contributed by atoms with van der Waals surface area (Å²) in [5.74, 6) is -0.236. The number of rotatable bonds is 4. The van der Waals surface area contributed by atoms with E-state index in [1.807, 2.05) is 23.1 Å². The third kappa shape index (κ3) is 4.53. The van der Waals surface area contributed by atoms with Crippen molar-refractivity contribution in [1.29, 1.82) is 0 Å². The van der Waals surface area contributed by atoms with Crippen molar-refractivity contribution in [3.63, 3.8) is 0 Å². The van der Waals surface area contributed by atoms with E-state index in [2.05, 4.69) is 4.74 Å². The normalized spacial score (nSPS) is 17.6. The Morgan fingerprint density at radius 2 is 1.76 bits per heavy atom. The van der Waals surface area contributed by atoms with Gasteiger partial charge in [0.1, 0.15) is 5.75 Å². The van der Waals surface area contributed by atoms with Crippen LogP contribution in [-0.4, -0.2) is 29.8 Å². The van der Waals surface area contributed by atoms with E-state index in [-0.39, 0.29) is 17.7 Å². The largest absolute Gasteiger partial charge is 0.573 e. The topological polar surface area (TPSA) is 29.5 Å². The molecule has 0 bridgehead atoms. The summed E-state index contributed by atoms with van der Waals surface area (Å²) >= 11 is 0. The zero-order chi connectivity index (χ0) is 17.9. The number of hydrogen-bond acceptors (Lipinski definition) is 2. The first-order chi connectivity index (χ1) is 11.9. The predicted octanol–water partition coefficient (Wildman–Crippen LogP) is 4.43. The maximum absolute atomic E-state index is 12.6. The number of alkyl halides is 3. The smallest absolute Gasteiger partial charge is 0.406 e. The highest BCUT2D eigenvalue weighted by molar-refractivity contribution is 5.94. The zero-order valence-electron chi connectivity index (χ0n) is 13.5. The Labute approximate surface area is 144 Å². The molecule has 25 heavy (non-hydrogen) atoms. The van der Waals surface area contributed by atoms with Gasteiger partial charge in [0.2, 0.25) is 0 Å². The van der Waals surface area contributed by atoms with Gasteiger partial charge in [-0.05, 0) is 49.1 Å². The number of ether oxygens (including phenoxy) is 1. The molecule has 3 rings (SSSR count). The lowest BCUT2D eigenvalue weighted by molar-refractivity contribution is -0.274. The van der Waals surface area contributed by atoms with E-state index in [0.29, 0.717) is 18.5 Å². The Hall–Kier alpha value is -2.50. The molecule has 1 fully saturated rings. The summed E-state index contributed by atoms with van der Waals surface area (Å²) in [6.07, 6.45) is -2.26. The Morgan fingerprint density at radius 1 is 1.08 bits per heavy atom. The lowest BCUT2D eigenvalue weighted by atomic mass is 10.0. The van der Waals surface area contributed by atoms with Gasteiger partial charge < -0.3 is 9.64 Å². The van der Waals surface area contributed by atoms with Crippen molar-refractivity contribution in [3.05, 3.63) is 65.7 Å². The van der Waals surface area contributed by atoms with Crippen LogP contribution in [0.25, 0.3) is 0 Å². The monoisotopic (exact) mass is 349 g/mol. The molecule has 0 spiro atoms. The molecule has 0 radical (unpaired) electrons. The van der Waals surface area contributed by atoms with E-state index in [0.717, 1.165) is 18.4 Å². The van der Waals surface area contributed by atoms with Gasteiger partial charge in [0.05, 0.1) is 0 Å². The Morgan fingerprint density at radius 3 is 2.40 bits per heavy atom. The molecular formula is C19H18F3NO2. The molecule has 132 valence electrons. The molecule has 0 aromatic heterocycles. The second-order valence-electron chi connectivity index (χ2n) is 6.06. The first kappa shape index (κ1) is 17.3. The molecule has 3 nitrogen and oxygen atoms in total. The Balaban J connectivity index is 1.66. The van der Waals surface area contributed by atoms with E-state index < -0.39 is 6.36 Å². The van der Waals surface area contributed by atoms with Crippen molar-refractivity contribution in [3.8, 4) is 5.75 Å². The van der Waals surface area contributed by atoms with Crippen molar-refractivity contribution in [2.45, 2.75) is 31.7 Å². The van der Waals surface area contributed by atoms with Gasteiger partial charge in [0, 0.05) is 18.2 Å². The van der Waals surface area contributed by atoms with Gasteiger partial charge >= 0.3 is 6.36 Å². The van der Waals surface area contributed by atoms with E-state index in [9.17, 15) is 18.0 Å². The van der Waals surface area contributed by atoms with Crippen LogP contribution in [0.1, 0.15) is 28.8 Å². The summed E-state index contributed by atoms with van der Waals surface area (Å²) < 4.78 is 40.5. The molecule has 1 heterocycles. The predicted molar refractivity (Wildman–Crippen MR) is 87.3 cm³/mol. The van der Waals surface area contributed by atoms with Crippen molar-refractivity contribution in [1.82, 2.24) is 4.90 Å². The summed E-state index contributed by atoms with van der Waals surface area (Å²) in [5.41, 5.74) is 1.54. The summed E-state index contributed by atoms with van der Waals surface area (Å²) in [7, 11) is 0. The van der Waals surface area contributed by atoms with Gasteiger partial charge in [-0.25, -0.2) is 0 Å². The number of nitrogens with zero attached hydrogens (tertiary/aromatic N) is 1. The first-order valence-corrected chi connectivity index (χ1v) is 8.13. The number of likely N-dealkylation sites (tertiary alicyclic amines) is 1. The quantitative estimate of drug-likeness (QED) is 0.817. The van der Waals surface area contributed by atoms with Crippen LogP contribution in [0.2, 0.25) is 0 Å². The molecule has 6 heteroatoms. The molecule has 2 aromatic carbocycles. The van der Waals surface area contributed by atoms with E-state index in [4.69, 9.17) is 0 Å². The summed E-state index contributed by atoms with van der Waals surface area (Å²) in [5, 5.41) is 0. The number of carbonyl (C=O) groups is 1. The first-order valence-electron chi connectivity index (χ1n) is 8.13. The summed E-state index contributed by atoms with van der Waals surface area (Å²) in [4.78, 5) is 14.5. The third-order valence-electron chi connectivity index (χ3n) is 4.29. The van der Waals surface area contributed by atoms with Gasteiger partial charge in [-0.1, -0.05) is 30.3 Å². The molecule has 0 unspecified atom stereocenters. The average Bonchev–Trinajstić information content (AvgIpc) is 3.03. The second-order valence-corrected chi connectivity index (χ2v) is 6.06. The molecule has 1 aliphatic rings. The SMILES string of the molecule is O=C(c1ccccc1)N1CCC[C@H]1Cc1ccc(OC(F)(F)F)cc1. The summed E-state index contributed by atoms with van der Waals surface area (Å²) in [6.45, 7) is 0.702. The second kappa shape index (κ2) is 7.17. The Bertz CT molecular complexity index is 714. The molecular weight excluding hydrogens is 331 g/mol. The standard InChI is InChI=1S/C19H18F3NO2/c20-19(21,22)25-17-10-8-14(9-11-17)13-16-7-4-12-23(16)18(24)15-5-2-1-3-6-15/h1-3,5-6,8-11,16H,4,7,12-13H2/t16-/m0/s1. The van der Waals surface area contributed by atoms with Crippen LogP contribution in [-0.2, 0) is 6.42 Å². The van der Waals surface area contributed by atoms with Crippen LogP contribution in [0.4, 0.5) is 13.2 Å². The van der Waals surface area contributed by atoms with Crippen molar-refractivity contribution in [2.75, 3.05) is 6.54 Å². The minimum Gasteiger partial charge on any atom is -0.406 e. The molecule has 1 aliphatic heterocycles. The van der Waals surface area contributed by atoms with Crippen molar-refractivity contribution in [2.24, 2.45) is 0 Å². The van der Waals surface area contributed by atoms with Gasteiger partial charge in [0.25, 0.3) is 5.91 Å². The fourth-order valence-electron chi connectivity index (χ4n) is 3.16. The highest BCUT2D eigenvalue weighted by Gasteiger charge is 2.31. The van der Waals surface area contributed by atoms with Crippen molar-refractivity contribution >= 4 is 5.91 Å². The van der Waals surface area contributed by atoms with Gasteiger partial charge in [-0.15, -0.1) is 13.2 Å². The molecule has 2 aromatic rings. The zero-order valence-corrected chi connectivity index (χ0v) is 13.5. The molecule has 0 aliphatic carbocycles. The summed E-state index contributed by atoms with van der Waals surface area (Å²) in [6, 6.07) is 15.0. The number of amides is 1. The highest BCUT2D eigenvalue weighted by atomic mass is 19.4. The molecule has 0 saturated carbocycles. The van der Waals surface area contributed by atoms with Crippen LogP contribution in [0, 0.1) is 0 Å². The minimum absolute atomic E-state index is 0.000116. The number of hydrogen-bond donors (Lipinski definition) is 0. The molecule has 1 atom stereocenters. The maximum atomic E-state index is 12.6. The fourth-order valence-corrected chi connectivity index (χ4v) is 3.16. The lowest BCUT2D eigenvalue weighted by Gasteiger charge is -2.25. The van der Waals surface area contributed by atoms with Gasteiger partial charge in [0.15, 0.2) is 0 Å². The average molecular weight is 349 g/mol. The number of carbonyl (C=O) groups excluding carboxylic acids is 1. The third-order valence-corrected chi connectivity index (χ3v) is 4.29. The van der Waals surface area contributed by atoms with E-state index >= 15 is 0 Å². The van der Waals surface area contributed by atoms with Crippen LogP contribution in [0.15, 0.2) is 54.6 Å². The number of halogens is 3. The van der Waals surface area contributed by atoms with Crippen LogP contribution in [0.3, 0.4) is 0 Å². The lowest BCUT2D eigenvalue weighted by Crippen LogP contribution is -2.36. The number of benzene rings is 2. The van der Waals surface area contributed by atoms with Gasteiger partial charge in [-0.3, -0.25) is 4.79 Å². The molecule has 0 N–H and O–H groups in total.